The van der Waals surface area contributed by atoms with E-state index in [4.69, 9.17) is 4.74 Å². The summed E-state index contributed by atoms with van der Waals surface area (Å²) in [5.74, 6) is -1.14. The van der Waals surface area contributed by atoms with Crippen molar-refractivity contribution in [2.24, 2.45) is 0 Å². The van der Waals surface area contributed by atoms with E-state index in [0.717, 1.165) is 0 Å². The van der Waals surface area contributed by atoms with Gasteiger partial charge in [-0.25, -0.2) is 4.79 Å². The van der Waals surface area contributed by atoms with Crippen molar-refractivity contribution in [2.75, 3.05) is 0 Å². The number of carbonyl (C=O) groups excluding carboxylic acids is 3. The Bertz CT molecular complexity index is 263. The van der Waals surface area contributed by atoms with Crippen LogP contribution in [-0.2, 0) is 14.3 Å². The molecular weight excluding hydrogens is 176 g/mol. The molecule has 1 aliphatic rings. The molecule has 0 aromatic rings. The maximum absolute atomic E-state index is 11.1. The highest BCUT2D eigenvalue weighted by molar-refractivity contribution is 6.00. The molecule has 0 spiro atoms. The van der Waals surface area contributed by atoms with Crippen LogP contribution in [0.5, 0.6) is 0 Å². The molecule has 0 bridgehead atoms. The quantitative estimate of drug-likeness (QED) is 0.522. The second-order valence-corrected chi connectivity index (χ2v) is 2.78. The lowest BCUT2D eigenvalue weighted by Crippen LogP contribution is -2.61. The molecule has 2 atom stereocenters. The molecular formula is C7H10N2O4. The molecule has 13 heavy (non-hydrogen) atoms. The van der Waals surface area contributed by atoms with Crippen LogP contribution in [0, 0.1) is 0 Å². The van der Waals surface area contributed by atoms with Crippen molar-refractivity contribution >= 4 is 17.9 Å². The highest BCUT2D eigenvalue weighted by Gasteiger charge is 2.34. The van der Waals surface area contributed by atoms with Gasteiger partial charge in [0, 0.05) is 6.92 Å². The summed E-state index contributed by atoms with van der Waals surface area (Å²) in [5, 5.41) is 4.42. The van der Waals surface area contributed by atoms with Crippen LogP contribution < -0.4 is 10.6 Å². The topological polar surface area (TPSA) is 84.5 Å². The molecule has 3 amide bonds. The molecule has 1 rings (SSSR count). The third-order valence-corrected chi connectivity index (χ3v) is 1.60. The maximum atomic E-state index is 11.1. The number of esters is 1. The lowest BCUT2D eigenvalue weighted by atomic mass is 10.1. The Morgan fingerprint density at radius 3 is 2.54 bits per heavy atom. The van der Waals surface area contributed by atoms with E-state index in [9.17, 15) is 14.4 Å². The van der Waals surface area contributed by atoms with Crippen molar-refractivity contribution in [3.05, 3.63) is 0 Å². The highest BCUT2D eigenvalue weighted by Crippen LogP contribution is 2.04. The van der Waals surface area contributed by atoms with E-state index in [1.165, 1.54) is 6.92 Å². The number of rotatable bonds is 1. The normalized spacial score (nSPS) is 27.5. The predicted molar refractivity (Wildman–Crippen MR) is 41.7 cm³/mol. The van der Waals surface area contributed by atoms with Crippen LogP contribution in [0.1, 0.15) is 13.8 Å². The molecule has 0 saturated carbocycles. The van der Waals surface area contributed by atoms with Crippen molar-refractivity contribution in [3.63, 3.8) is 0 Å². The van der Waals surface area contributed by atoms with Gasteiger partial charge in [-0.2, -0.15) is 0 Å². The van der Waals surface area contributed by atoms with E-state index in [1.54, 1.807) is 6.92 Å². The fourth-order valence-electron chi connectivity index (χ4n) is 1.06. The third kappa shape index (κ3) is 2.17. The van der Waals surface area contributed by atoms with Crippen molar-refractivity contribution in [1.82, 2.24) is 10.6 Å². The first-order chi connectivity index (χ1) is 6.00. The molecule has 1 saturated heterocycles. The highest BCUT2D eigenvalue weighted by atomic mass is 16.5. The molecule has 0 aliphatic carbocycles. The summed E-state index contributed by atoms with van der Waals surface area (Å²) in [6, 6.07) is -1.06. The minimum absolute atomic E-state index is 0.495. The molecule has 0 radical (unpaired) electrons. The predicted octanol–water partition coefficient (Wildman–Crippen LogP) is -0.854. The molecule has 0 aromatic heterocycles. The minimum Gasteiger partial charge on any atom is -0.450 e. The number of nitrogens with one attached hydrogen (secondary N) is 2. The Labute approximate surface area is 74.6 Å². The number of amides is 3. The zero-order chi connectivity index (χ0) is 10.0. The van der Waals surface area contributed by atoms with Gasteiger partial charge in [0.2, 0.25) is 0 Å². The van der Waals surface area contributed by atoms with Crippen LogP contribution in [0.15, 0.2) is 0 Å². The summed E-state index contributed by atoms with van der Waals surface area (Å²) in [5.41, 5.74) is 0. The van der Waals surface area contributed by atoms with E-state index in [1.807, 2.05) is 5.32 Å². The lowest BCUT2D eigenvalue weighted by molar-refractivity contribution is -0.155. The number of ether oxygens (including phenoxy) is 1. The zero-order valence-corrected chi connectivity index (χ0v) is 7.29. The van der Waals surface area contributed by atoms with Crippen LogP contribution in [-0.4, -0.2) is 30.1 Å². The summed E-state index contributed by atoms with van der Waals surface area (Å²) in [7, 11) is 0. The van der Waals surface area contributed by atoms with Crippen LogP contribution in [0.4, 0.5) is 4.79 Å². The van der Waals surface area contributed by atoms with Gasteiger partial charge in [0.25, 0.3) is 5.91 Å². The van der Waals surface area contributed by atoms with Crippen LogP contribution in [0.2, 0.25) is 0 Å². The molecule has 0 aromatic carbocycles. The standard InChI is InChI=1S/C7H10N2O4/c1-3-5(13-4(2)10)6(11)9-7(12)8-3/h3,5H,1-2H3,(H2,8,9,11,12). The number of hydrogen-bond donors (Lipinski definition) is 2. The van der Waals surface area contributed by atoms with Crippen molar-refractivity contribution in [2.45, 2.75) is 26.0 Å². The minimum atomic E-state index is -0.935. The summed E-state index contributed by atoms with van der Waals surface area (Å²) < 4.78 is 4.70. The Morgan fingerprint density at radius 1 is 1.46 bits per heavy atom. The summed E-state index contributed by atoms with van der Waals surface area (Å²) >= 11 is 0. The van der Waals surface area contributed by atoms with Crippen LogP contribution in [0.25, 0.3) is 0 Å². The SMILES string of the molecule is CC(=O)OC1C(=O)NC(=O)NC1C. The molecule has 1 aliphatic heterocycles. The fraction of sp³-hybridized carbons (Fsp3) is 0.571. The number of imide groups is 1. The van der Waals surface area contributed by atoms with Crippen LogP contribution >= 0.6 is 0 Å². The van der Waals surface area contributed by atoms with E-state index in [2.05, 4.69) is 5.32 Å². The average Bonchev–Trinajstić information content (AvgIpc) is 1.96. The molecule has 1 heterocycles. The number of urea groups is 1. The summed E-state index contributed by atoms with van der Waals surface area (Å²) in [4.78, 5) is 32.4. The lowest BCUT2D eigenvalue weighted by Gasteiger charge is -2.27. The van der Waals surface area contributed by atoms with E-state index >= 15 is 0 Å². The summed E-state index contributed by atoms with van der Waals surface area (Å²) in [6.45, 7) is 2.79. The fourth-order valence-corrected chi connectivity index (χ4v) is 1.06. The second-order valence-electron chi connectivity index (χ2n) is 2.78. The van der Waals surface area contributed by atoms with Gasteiger partial charge in [0.1, 0.15) is 0 Å². The van der Waals surface area contributed by atoms with E-state index < -0.39 is 30.1 Å². The second kappa shape index (κ2) is 3.42. The molecule has 1 fully saturated rings. The Hall–Kier alpha value is -1.59. The first-order valence-electron chi connectivity index (χ1n) is 3.79. The number of hydrogen-bond acceptors (Lipinski definition) is 4. The van der Waals surface area contributed by atoms with Gasteiger partial charge in [-0.05, 0) is 6.92 Å². The summed E-state index contributed by atoms with van der Waals surface area (Å²) in [6.07, 6.45) is -0.935. The van der Waals surface area contributed by atoms with Gasteiger partial charge >= 0.3 is 12.0 Å². The first-order valence-corrected chi connectivity index (χ1v) is 3.79. The molecule has 6 heteroatoms. The van der Waals surface area contributed by atoms with Crippen molar-refractivity contribution < 1.29 is 19.1 Å². The zero-order valence-electron chi connectivity index (χ0n) is 7.29. The molecule has 72 valence electrons. The van der Waals surface area contributed by atoms with Gasteiger partial charge in [0.15, 0.2) is 6.10 Å². The Kier molecular flexibility index (Phi) is 2.50. The maximum Gasteiger partial charge on any atom is 0.321 e. The smallest absolute Gasteiger partial charge is 0.321 e. The van der Waals surface area contributed by atoms with Crippen molar-refractivity contribution in [3.8, 4) is 0 Å². The first kappa shape index (κ1) is 9.50. The van der Waals surface area contributed by atoms with Gasteiger partial charge in [0.05, 0.1) is 6.04 Å². The monoisotopic (exact) mass is 186 g/mol. The molecule has 2 unspecified atom stereocenters. The van der Waals surface area contributed by atoms with Crippen LogP contribution in [0.3, 0.4) is 0 Å². The van der Waals surface area contributed by atoms with E-state index in [-0.39, 0.29) is 0 Å². The van der Waals surface area contributed by atoms with Gasteiger partial charge in [-0.1, -0.05) is 0 Å². The Morgan fingerprint density at radius 2 is 2.08 bits per heavy atom. The Balaban J connectivity index is 2.67. The third-order valence-electron chi connectivity index (χ3n) is 1.60. The van der Waals surface area contributed by atoms with Gasteiger partial charge in [-0.15, -0.1) is 0 Å². The molecule has 6 nitrogen and oxygen atoms in total. The number of carbonyl (C=O) groups is 3. The van der Waals surface area contributed by atoms with Gasteiger partial charge < -0.3 is 10.1 Å². The van der Waals surface area contributed by atoms with E-state index in [0.29, 0.717) is 0 Å². The van der Waals surface area contributed by atoms with Crippen molar-refractivity contribution in [1.29, 1.82) is 0 Å². The van der Waals surface area contributed by atoms with Gasteiger partial charge in [-0.3, -0.25) is 14.9 Å². The molecule has 2 N–H and O–H groups in total. The average molecular weight is 186 g/mol. The largest absolute Gasteiger partial charge is 0.450 e.